The van der Waals surface area contributed by atoms with Gasteiger partial charge in [0.1, 0.15) is 0 Å². The SMILES string of the molecule is CC.CC.CC.CC.CC.CC.CC.CC.CC.CC.c1ccc2c(c1)Cc1c-2ccc2c1-c1c(c3ccccc3c3ccccc13)C2.c1ccc2c(c1)Cc1c-2ccc2c1Cc1ccc3ccccc3c1-2.c1ccc2c(c1)Cc1c-2ccc2c1Cc1ccc3ccccc3c1-2.c1ccc2c(c1)Cc1ccc3c(c1-2)-c1c(c2ccccc2c2ccccc12)C3.c1ccc2c(c1)Cc1ccc3c(c1-2)Cc1ccc2ccccc2c1-3. The molecule has 0 radical (unpaired) electrons. The monoisotopic (exact) mass is 1920 g/mol. The molecule has 0 bridgehead atoms. The van der Waals surface area contributed by atoms with Gasteiger partial charge in [0, 0.05) is 0 Å². The summed E-state index contributed by atoms with van der Waals surface area (Å²) in [7, 11) is 0. The van der Waals surface area contributed by atoms with Crippen molar-refractivity contribution in [3.63, 3.8) is 0 Å². The van der Waals surface area contributed by atoms with Crippen molar-refractivity contribution in [2.45, 2.75) is 203 Å². The zero-order valence-electron chi connectivity index (χ0n) is 91.0. The largest absolute Gasteiger partial charge is 0.0683 e. The first kappa shape index (κ1) is 103. The first-order valence-corrected chi connectivity index (χ1v) is 56.0. The second-order valence-corrected chi connectivity index (χ2v) is 37.0. The van der Waals surface area contributed by atoms with Crippen LogP contribution in [0.25, 0.3) is 187 Å². The van der Waals surface area contributed by atoms with Crippen LogP contribution in [-0.2, 0) is 64.2 Å². The van der Waals surface area contributed by atoms with E-state index in [0.29, 0.717) is 0 Å². The number of fused-ring (bicyclic) bond motifs is 51. The van der Waals surface area contributed by atoms with E-state index in [2.05, 4.69) is 388 Å². The number of benzene rings is 22. The van der Waals surface area contributed by atoms with Crippen molar-refractivity contribution >= 4 is 75.4 Å². The molecule has 0 heteroatoms. The Bertz CT molecular complexity index is 8500. The molecule has 10 aliphatic rings. The van der Waals surface area contributed by atoms with E-state index in [1.54, 1.807) is 22.3 Å². The Hall–Kier alpha value is -15.3. The molecule has 0 aromatic heterocycles. The first-order valence-electron chi connectivity index (χ1n) is 56.0. The van der Waals surface area contributed by atoms with Gasteiger partial charge in [0.15, 0.2) is 0 Å². The van der Waals surface area contributed by atoms with Gasteiger partial charge in [-0.05, 0) is 362 Å². The molecule has 32 rings (SSSR count). The van der Waals surface area contributed by atoms with Crippen LogP contribution in [0.2, 0.25) is 0 Å². The van der Waals surface area contributed by atoms with E-state index in [0.717, 1.165) is 64.2 Å². The highest BCUT2D eigenvalue weighted by atomic mass is 14.4. The van der Waals surface area contributed by atoms with Crippen molar-refractivity contribution in [2.24, 2.45) is 0 Å². The summed E-state index contributed by atoms with van der Waals surface area (Å²) in [5.74, 6) is 0. The summed E-state index contributed by atoms with van der Waals surface area (Å²) < 4.78 is 0. The van der Waals surface area contributed by atoms with Gasteiger partial charge in [-0.3, -0.25) is 0 Å². The summed E-state index contributed by atoms with van der Waals surface area (Å²) in [5, 5.41) is 19.3. The van der Waals surface area contributed by atoms with Crippen LogP contribution in [-0.4, -0.2) is 0 Å². The van der Waals surface area contributed by atoms with Crippen LogP contribution in [0.3, 0.4) is 0 Å². The third-order valence-electron chi connectivity index (χ3n) is 30.7. The van der Waals surface area contributed by atoms with Crippen LogP contribution in [0.1, 0.15) is 250 Å². The van der Waals surface area contributed by atoms with Gasteiger partial charge in [0.05, 0.1) is 0 Å². The third-order valence-corrected chi connectivity index (χ3v) is 30.7. The molecular formula is C148H144. The summed E-state index contributed by atoms with van der Waals surface area (Å²) in [6.45, 7) is 40.0. The first-order chi connectivity index (χ1) is 73.5. The molecule has 0 spiro atoms. The van der Waals surface area contributed by atoms with Crippen molar-refractivity contribution in [3.05, 3.63) is 500 Å². The Morgan fingerprint density at radius 2 is 0.297 bits per heavy atom. The van der Waals surface area contributed by atoms with Gasteiger partial charge >= 0.3 is 0 Å². The van der Waals surface area contributed by atoms with Gasteiger partial charge in [-0.2, -0.15) is 0 Å². The highest BCUT2D eigenvalue weighted by Crippen LogP contribution is 2.58. The summed E-state index contributed by atoms with van der Waals surface area (Å²) in [6, 6.07) is 144. The summed E-state index contributed by atoms with van der Waals surface area (Å²) in [4.78, 5) is 0. The molecular weight excluding hydrogens is 1780 g/mol. The molecule has 0 unspecified atom stereocenters. The van der Waals surface area contributed by atoms with Gasteiger partial charge < -0.3 is 0 Å². The maximum absolute atomic E-state index is 2.38. The van der Waals surface area contributed by atoms with Crippen molar-refractivity contribution < 1.29 is 0 Å². The van der Waals surface area contributed by atoms with Crippen LogP contribution >= 0.6 is 0 Å². The van der Waals surface area contributed by atoms with Crippen molar-refractivity contribution in [1.82, 2.24) is 0 Å². The quantitative estimate of drug-likeness (QED) is 0.133. The van der Waals surface area contributed by atoms with Gasteiger partial charge in [-0.25, -0.2) is 0 Å². The van der Waals surface area contributed by atoms with E-state index in [-0.39, 0.29) is 0 Å². The minimum atomic E-state index is 1.03. The van der Waals surface area contributed by atoms with Gasteiger partial charge in [-0.15, -0.1) is 0 Å². The van der Waals surface area contributed by atoms with Crippen LogP contribution in [0, 0.1) is 0 Å². The van der Waals surface area contributed by atoms with Crippen molar-refractivity contribution in [2.75, 3.05) is 0 Å². The molecule has 22 aromatic carbocycles. The lowest BCUT2D eigenvalue weighted by atomic mass is 9.88. The Balaban J connectivity index is 0.000000116. The molecule has 22 aromatic rings. The fourth-order valence-corrected chi connectivity index (χ4v) is 25.2. The van der Waals surface area contributed by atoms with Gasteiger partial charge in [0.2, 0.25) is 0 Å². The fraction of sp³-hybridized carbons (Fsp3) is 0.203. The minimum Gasteiger partial charge on any atom is -0.0683 e. The Morgan fingerprint density at radius 3 is 0.689 bits per heavy atom. The van der Waals surface area contributed by atoms with Crippen LogP contribution in [0.5, 0.6) is 0 Å². The van der Waals surface area contributed by atoms with E-state index < -0.39 is 0 Å². The molecule has 0 heterocycles. The maximum atomic E-state index is 2.38. The summed E-state index contributed by atoms with van der Waals surface area (Å²) in [5.41, 5.74) is 59.1. The summed E-state index contributed by atoms with van der Waals surface area (Å²) >= 11 is 0. The average molecular weight is 1920 g/mol. The molecule has 736 valence electrons. The highest BCUT2D eigenvalue weighted by molar-refractivity contribution is 6.21. The number of hydrogen-bond donors (Lipinski definition) is 0. The van der Waals surface area contributed by atoms with E-state index >= 15 is 0 Å². The fourth-order valence-electron chi connectivity index (χ4n) is 25.2. The standard InChI is InChI=1S/2C28H18.3C24H16.10C2H6/c1-2-8-19-17(7-1)15-25-23(19)14-13-18-16-26-22-11-4-3-9-20(22)21-10-5-6-12-24(21)28(26)27(18)25;1-2-8-20-17(7-1)15-18-13-14-19-16-25-23-11-4-3-9-21(23)22-10-5-6-12-24(22)28(25)27(19)26(18)20;2*1-4-8-19-15(5-1)9-10-17-14-23-21(24(17)19)12-11-20-18-7-3-2-6-16(18)13-22(20)23;1-3-7-19-15(5-1)9-10-18-14-22-21(23(18)19)12-11-17-13-16-6-2-4-8-20(16)24(17)22;10*1-2/h2*1-14H,15-16H2;3*1-12H,13-14H2;10*1-2H3. The average Bonchev–Trinajstić information content (AvgIpc) is 1.53. The Labute approximate surface area is 882 Å². The second-order valence-electron chi connectivity index (χ2n) is 37.0. The number of hydrogen-bond acceptors (Lipinski definition) is 0. The van der Waals surface area contributed by atoms with Crippen molar-refractivity contribution in [3.8, 4) is 111 Å². The molecule has 148 heavy (non-hydrogen) atoms. The van der Waals surface area contributed by atoms with Gasteiger partial charge in [0.25, 0.3) is 0 Å². The Morgan fingerprint density at radius 1 is 0.0946 bits per heavy atom. The molecule has 0 saturated carbocycles. The van der Waals surface area contributed by atoms with Crippen molar-refractivity contribution in [1.29, 1.82) is 0 Å². The third kappa shape index (κ3) is 17.7. The maximum Gasteiger partial charge on any atom is -0.000682 e. The summed E-state index contributed by atoms with van der Waals surface area (Å²) in [6.07, 6.45) is 10.6. The zero-order valence-corrected chi connectivity index (χ0v) is 91.0. The normalized spacial score (nSPS) is 12.1. The highest BCUT2D eigenvalue weighted by Gasteiger charge is 2.37. The molecule has 0 N–H and O–H groups in total. The van der Waals surface area contributed by atoms with Crippen LogP contribution < -0.4 is 0 Å². The Kier molecular flexibility index (Phi) is 32.0. The molecule has 0 aliphatic heterocycles. The molecule has 0 atom stereocenters. The topological polar surface area (TPSA) is 0 Å². The molecule has 0 saturated heterocycles. The minimum absolute atomic E-state index is 1.03. The van der Waals surface area contributed by atoms with Gasteiger partial charge in [-0.1, -0.05) is 527 Å². The lowest BCUT2D eigenvalue weighted by molar-refractivity contribution is 1.16. The lowest BCUT2D eigenvalue weighted by Gasteiger charge is -2.15. The number of rotatable bonds is 0. The second kappa shape index (κ2) is 46.2. The van der Waals surface area contributed by atoms with Crippen LogP contribution in [0.4, 0.5) is 0 Å². The van der Waals surface area contributed by atoms with E-state index in [1.165, 1.54) is 276 Å². The lowest BCUT2D eigenvalue weighted by Crippen LogP contribution is -1.90. The molecule has 10 aliphatic carbocycles. The predicted molar refractivity (Wildman–Crippen MR) is 651 cm³/mol. The molecule has 0 nitrogen and oxygen atoms in total. The zero-order chi connectivity index (χ0) is 104. The predicted octanol–water partition coefficient (Wildman–Crippen LogP) is 42.5. The smallest absolute Gasteiger partial charge is 0.000682 e. The van der Waals surface area contributed by atoms with E-state index in [4.69, 9.17) is 0 Å². The van der Waals surface area contributed by atoms with E-state index in [9.17, 15) is 0 Å². The molecule has 0 amide bonds. The van der Waals surface area contributed by atoms with E-state index in [1.807, 2.05) is 138 Å². The van der Waals surface area contributed by atoms with Crippen LogP contribution in [0.15, 0.2) is 388 Å². The molecule has 0 fully saturated rings.